The number of fused-ring (bicyclic) bond motifs is 3. The molecule has 3 heterocycles. The van der Waals surface area contributed by atoms with Gasteiger partial charge in [-0.15, -0.1) is 23.1 Å². The van der Waals surface area contributed by atoms with Crippen LogP contribution in [0.25, 0.3) is 76.5 Å². The van der Waals surface area contributed by atoms with Gasteiger partial charge in [0.25, 0.3) is 0 Å². The fourth-order valence-corrected chi connectivity index (χ4v) is 7.46. The van der Waals surface area contributed by atoms with Gasteiger partial charge in [0, 0.05) is 52.6 Å². The summed E-state index contributed by atoms with van der Waals surface area (Å²) < 4.78 is 0. The maximum absolute atomic E-state index is 5.61. The summed E-state index contributed by atoms with van der Waals surface area (Å²) >= 11 is 3.31. The Kier molecular flexibility index (Phi) is 7.50. The Morgan fingerprint density at radius 3 is 2.09 bits per heavy atom. The van der Waals surface area contributed by atoms with Gasteiger partial charge in [-0.1, -0.05) is 72.8 Å². The smallest absolute Gasteiger partial charge is 0.123 e. The van der Waals surface area contributed by atoms with Crippen molar-refractivity contribution >= 4 is 55.4 Å². The number of benzene rings is 5. The standard InChI is InChI=1S/C40H28N4S2/c41-15-19-45-25-26-13-16-42-36(21-26)39-33-8-4-3-7-32(33)38(37-24-31(14-17-43-37)40-44-18-20-46-40)34-12-11-30(23-35(34)39)29-10-9-27-5-1-2-6-28(27)22-29/h1-24H,25,41H2/b19-15-. The van der Waals surface area contributed by atoms with Crippen LogP contribution < -0.4 is 5.73 Å². The van der Waals surface area contributed by atoms with Crippen LogP contribution in [0, 0.1) is 0 Å². The van der Waals surface area contributed by atoms with Crippen LogP contribution in [0.15, 0.2) is 145 Å². The van der Waals surface area contributed by atoms with Crippen LogP contribution in [-0.2, 0) is 5.75 Å². The predicted octanol–water partition coefficient (Wildman–Crippen LogP) is 10.7. The lowest BCUT2D eigenvalue weighted by molar-refractivity contribution is 1.28. The summed E-state index contributed by atoms with van der Waals surface area (Å²) in [7, 11) is 0. The molecule has 0 bridgehead atoms. The number of nitrogens with two attached hydrogens (primary N) is 1. The van der Waals surface area contributed by atoms with Crippen LogP contribution >= 0.6 is 23.1 Å². The summed E-state index contributed by atoms with van der Waals surface area (Å²) in [5.74, 6) is 0.812. The van der Waals surface area contributed by atoms with Gasteiger partial charge in [-0.3, -0.25) is 9.97 Å². The molecule has 0 radical (unpaired) electrons. The molecule has 0 atom stereocenters. The van der Waals surface area contributed by atoms with Gasteiger partial charge in [-0.05, 0) is 90.8 Å². The van der Waals surface area contributed by atoms with Crippen LogP contribution in [0.4, 0.5) is 0 Å². The fourth-order valence-electron chi connectivity index (χ4n) is 6.25. The van der Waals surface area contributed by atoms with E-state index in [0.29, 0.717) is 0 Å². The minimum Gasteiger partial charge on any atom is -0.404 e. The summed E-state index contributed by atoms with van der Waals surface area (Å²) in [6, 6.07) is 39.1. The molecule has 0 spiro atoms. The molecule has 0 saturated heterocycles. The van der Waals surface area contributed by atoms with Crippen molar-refractivity contribution in [2.24, 2.45) is 5.73 Å². The summed E-state index contributed by atoms with van der Waals surface area (Å²) in [5.41, 5.74) is 14.3. The normalized spacial score (nSPS) is 11.7. The molecule has 4 nitrogen and oxygen atoms in total. The lowest BCUT2D eigenvalue weighted by atomic mass is 9.86. The van der Waals surface area contributed by atoms with E-state index < -0.39 is 0 Å². The second-order valence-corrected chi connectivity index (χ2v) is 12.9. The Bertz CT molecular complexity index is 2400. The average Bonchev–Trinajstić information content (AvgIpc) is 3.66. The van der Waals surface area contributed by atoms with E-state index in [4.69, 9.17) is 15.7 Å². The van der Waals surface area contributed by atoms with E-state index in [-0.39, 0.29) is 0 Å². The van der Waals surface area contributed by atoms with Gasteiger partial charge >= 0.3 is 0 Å². The molecular weight excluding hydrogens is 601 g/mol. The van der Waals surface area contributed by atoms with E-state index in [2.05, 4.69) is 108 Å². The van der Waals surface area contributed by atoms with Gasteiger partial charge in [0.2, 0.25) is 0 Å². The molecule has 0 fully saturated rings. The summed E-state index contributed by atoms with van der Waals surface area (Å²) in [6.07, 6.45) is 7.24. The zero-order chi connectivity index (χ0) is 30.9. The number of hydrogen-bond acceptors (Lipinski definition) is 6. The molecule has 8 rings (SSSR count). The van der Waals surface area contributed by atoms with Gasteiger partial charge < -0.3 is 5.73 Å². The molecule has 220 valence electrons. The van der Waals surface area contributed by atoms with E-state index in [1.807, 2.05) is 35.4 Å². The largest absolute Gasteiger partial charge is 0.404 e. The second-order valence-electron chi connectivity index (χ2n) is 11.1. The molecule has 0 aliphatic rings. The van der Waals surface area contributed by atoms with Crippen molar-refractivity contribution in [3.8, 4) is 44.2 Å². The molecule has 8 aromatic rings. The van der Waals surface area contributed by atoms with E-state index in [0.717, 1.165) is 65.9 Å². The van der Waals surface area contributed by atoms with Crippen LogP contribution in [0.1, 0.15) is 5.56 Å². The van der Waals surface area contributed by atoms with Crippen molar-refractivity contribution in [3.63, 3.8) is 0 Å². The molecule has 0 aliphatic heterocycles. The molecule has 0 aliphatic carbocycles. The fraction of sp³-hybridized carbons (Fsp3) is 0.0250. The quantitative estimate of drug-likeness (QED) is 0.178. The van der Waals surface area contributed by atoms with Gasteiger partial charge in [-0.2, -0.15) is 0 Å². The van der Waals surface area contributed by atoms with Gasteiger partial charge in [0.05, 0.1) is 11.4 Å². The predicted molar refractivity (Wildman–Crippen MR) is 197 cm³/mol. The Morgan fingerprint density at radius 1 is 0.587 bits per heavy atom. The number of thioether (sulfide) groups is 1. The third-order valence-corrected chi connectivity index (χ3v) is 9.98. The maximum Gasteiger partial charge on any atom is 0.123 e. The molecule has 0 unspecified atom stereocenters. The molecule has 46 heavy (non-hydrogen) atoms. The minimum atomic E-state index is 0.812. The van der Waals surface area contributed by atoms with Gasteiger partial charge in [0.1, 0.15) is 5.01 Å². The highest BCUT2D eigenvalue weighted by atomic mass is 32.2. The first-order valence-electron chi connectivity index (χ1n) is 15.0. The van der Waals surface area contributed by atoms with E-state index >= 15 is 0 Å². The highest BCUT2D eigenvalue weighted by Gasteiger charge is 2.20. The molecule has 0 amide bonds. The average molecular weight is 629 g/mol. The first kappa shape index (κ1) is 28.2. The van der Waals surface area contributed by atoms with Crippen molar-refractivity contribution in [3.05, 3.63) is 150 Å². The zero-order valence-electron chi connectivity index (χ0n) is 24.8. The monoisotopic (exact) mass is 628 g/mol. The Hall–Kier alpha value is -5.30. The molecule has 0 saturated carbocycles. The Balaban J connectivity index is 1.42. The van der Waals surface area contributed by atoms with E-state index in [1.165, 1.54) is 21.9 Å². The van der Waals surface area contributed by atoms with Crippen molar-refractivity contribution in [2.45, 2.75) is 5.75 Å². The summed E-state index contributed by atoms with van der Waals surface area (Å²) in [5, 5.41) is 11.9. The lowest BCUT2D eigenvalue weighted by Crippen LogP contribution is -1.95. The zero-order valence-corrected chi connectivity index (χ0v) is 26.4. The molecule has 6 heteroatoms. The van der Waals surface area contributed by atoms with Gasteiger partial charge in [0.15, 0.2) is 0 Å². The van der Waals surface area contributed by atoms with Crippen LogP contribution in [0.3, 0.4) is 0 Å². The highest BCUT2D eigenvalue weighted by Crippen LogP contribution is 2.44. The minimum absolute atomic E-state index is 0.812. The van der Waals surface area contributed by atoms with Crippen molar-refractivity contribution in [1.29, 1.82) is 0 Å². The summed E-state index contributed by atoms with van der Waals surface area (Å²) in [4.78, 5) is 14.5. The molecule has 5 aromatic carbocycles. The molecular formula is C40H28N4S2. The number of pyridine rings is 2. The van der Waals surface area contributed by atoms with Crippen molar-refractivity contribution < 1.29 is 0 Å². The number of hydrogen-bond donors (Lipinski definition) is 1. The SMILES string of the molecule is N/C=C\SCc1ccnc(-c2c3ccccc3c(-c3cc(-c4nccs4)ccn3)c3ccc(-c4ccc5ccccc5c4)cc23)c1. The summed E-state index contributed by atoms with van der Waals surface area (Å²) in [6.45, 7) is 0. The second kappa shape index (κ2) is 12.2. The van der Waals surface area contributed by atoms with Crippen molar-refractivity contribution in [2.75, 3.05) is 0 Å². The van der Waals surface area contributed by atoms with E-state index in [1.54, 1.807) is 29.3 Å². The number of nitrogens with zero attached hydrogens (tertiary/aromatic N) is 3. The third kappa shape index (κ3) is 5.21. The maximum atomic E-state index is 5.61. The first-order valence-corrected chi connectivity index (χ1v) is 17.0. The van der Waals surface area contributed by atoms with Crippen LogP contribution in [0.5, 0.6) is 0 Å². The number of thiazole rings is 1. The van der Waals surface area contributed by atoms with E-state index in [9.17, 15) is 0 Å². The van der Waals surface area contributed by atoms with Crippen LogP contribution in [0.2, 0.25) is 0 Å². The lowest BCUT2D eigenvalue weighted by Gasteiger charge is -2.18. The topological polar surface area (TPSA) is 64.7 Å². The Labute approximate surface area is 275 Å². The van der Waals surface area contributed by atoms with Crippen molar-refractivity contribution in [1.82, 2.24) is 15.0 Å². The highest BCUT2D eigenvalue weighted by molar-refractivity contribution is 8.01. The molecule has 3 aromatic heterocycles. The Morgan fingerprint density at radius 2 is 1.28 bits per heavy atom. The molecule has 2 N–H and O–H groups in total. The first-order chi connectivity index (χ1) is 22.8. The number of rotatable bonds is 7. The number of aromatic nitrogens is 3. The van der Waals surface area contributed by atoms with Gasteiger partial charge in [-0.25, -0.2) is 4.98 Å². The van der Waals surface area contributed by atoms with Crippen LogP contribution in [-0.4, -0.2) is 15.0 Å². The third-order valence-electron chi connectivity index (χ3n) is 8.31.